The highest BCUT2D eigenvalue weighted by atomic mass is 19.1. The van der Waals surface area contributed by atoms with Gasteiger partial charge < -0.3 is 19.7 Å². The molecule has 7 nitrogen and oxygen atoms in total. The molecule has 0 radical (unpaired) electrons. The molecule has 0 saturated carbocycles. The highest BCUT2D eigenvalue weighted by Gasteiger charge is 2.45. The van der Waals surface area contributed by atoms with Crippen molar-refractivity contribution in [1.82, 2.24) is 14.9 Å². The number of benzene rings is 1. The average Bonchev–Trinajstić information content (AvgIpc) is 3.18. The third-order valence-electron chi connectivity index (χ3n) is 7.73. The van der Waals surface area contributed by atoms with Crippen LogP contribution in [0.5, 0.6) is 0 Å². The number of hydrogen-bond donors (Lipinski definition) is 2. The van der Waals surface area contributed by atoms with Gasteiger partial charge >= 0.3 is 5.97 Å². The Labute approximate surface area is 189 Å². The van der Waals surface area contributed by atoms with Gasteiger partial charge in [-0.2, -0.15) is 0 Å². The molecule has 6 rings (SSSR count). The minimum Gasteiger partial charge on any atom is -0.458 e. The number of nitrogens with one attached hydrogen (secondary N) is 1. The summed E-state index contributed by atoms with van der Waals surface area (Å²) < 4.78 is 21.5. The number of rotatable bonds is 2. The summed E-state index contributed by atoms with van der Waals surface area (Å²) in [6, 6.07) is 3.22. The fourth-order valence-electron chi connectivity index (χ4n) is 5.84. The highest BCUT2D eigenvalue weighted by molar-refractivity contribution is 5.93. The lowest BCUT2D eigenvalue weighted by Crippen LogP contribution is -2.44. The first kappa shape index (κ1) is 20.5. The van der Waals surface area contributed by atoms with Crippen LogP contribution in [-0.4, -0.2) is 27.7 Å². The molecule has 0 fully saturated rings. The highest BCUT2D eigenvalue weighted by Crippen LogP contribution is 2.45. The van der Waals surface area contributed by atoms with E-state index in [1.807, 2.05) is 7.05 Å². The normalized spacial score (nSPS) is 22.7. The summed E-state index contributed by atoms with van der Waals surface area (Å²) in [4.78, 5) is 30.7. The second kappa shape index (κ2) is 6.71. The van der Waals surface area contributed by atoms with Gasteiger partial charge in [-0.1, -0.05) is 6.92 Å². The van der Waals surface area contributed by atoms with Gasteiger partial charge in [-0.25, -0.2) is 14.2 Å². The molecule has 33 heavy (non-hydrogen) atoms. The van der Waals surface area contributed by atoms with Crippen molar-refractivity contribution in [2.75, 3.05) is 7.05 Å². The van der Waals surface area contributed by atoms with Crippen molar-refractivity contribution in [3.05, 3.63) is 61.7 Å². The Hall–Kier alpha value is -3.10. The summed E-state index contributed by atoms with van der Waals surface area (Å²) >= 11 is 0. The molecule has 170 valence electrons. The van der Waals surface area contributed by atoms with Crippen LogP contribution in [0.2, 0.25) is 0 Å². The number of esters is 1. The smallest absolute Gasteiger partial charge is 0.343 e. The predicted molar refractivity (Wildman–Crippen MR) is 119 cm³/mol. The molecule has 0 spiro atoms. The van der Waals surface area contributed by atoms with E-state index in [4.69, 9.17) is 9.72 Å². The first-order chi connectivity index (χ1) is 15.8. The van der Waals surface area contributed by atoms with Gasteiger partial charge in [-0.15, -0.1) is 0 Å². The zero-order chi connectivity index (χ0) is 23.2. The molecular formula is C25H24FN3O4. The number of nitrogens with zero attached hydrogens (tertiary/aromatic N) is 2. The molecular weight excluding hydrogens is 425 g/mol. The van der Waals surface area contributed by atoms with Crippen molar-refractivity contribution in [2.24, 2.45) is 0 Å². The molecule has 0 saturated heterocycles. The summed E-state index contributed by atoms with van der Waals surface area (Å²) in [5, 5.41) is 15.4. The van der Waals surface area contributed by atoms with Gasteiger partial charge in [0.1, 0.15) is 12.4 Å². The molecule has 3 aliphatic rings. The quantitative estimate of drug-likeness (QED) is 0.457. The van der Waals surface area contributed by atoms with Crippen LogP contribution in [0.25, 0.3) is 22.3 Å². The van der Waals surface area contributed by atoms with Crippen LogP contribution >= 0.6 is 0 Å². The first-order valence-corrected chi connectivity index (χ1v) is 11.3. The number of hydrogen-bond acceptors (Lipinski definition) is 6. The molecule has 0 amide bonds. The fraction of sp³-hybridized carbons (Fsp3) is 0.400. The van der Waals surface area contributed by atoms with E-state index in [1.165, 1.54) is 6.07 Å². The van der Waals surface area contributed by atoms with Gasteiger partial charge in [0.2, 0.25) is 0 Å². The van der Waals surface area contributed by atoms with E-state index in [0.29, 0.717) is 34.6 Å². The Morgan fingerprint density at radius 3 is 2.82 bits per heavy atom. The molecule has 2 aromatic heterocycles. The second-order valence-electron chi connectivity index (χ2n) is 9.19. The van der Waals surface area contributed by atoms with Crippen LogP contribution in [0.4, 0.5) is 4.39 Å². The molecule has 2 aliphatic heterocycles. The van der Waals surface area contributed by atoms with Crippen molar-refractivity contribution in [3.8, 4) is 11.4 Å². The molecule has 1 aliphatic carbocycles. The maximum absolute atomic E-state index is 14.8. The van der Waals surface area contributed by atoms with E-state index in [2.05, 4.69) is 5.32 Å². The number of fused-ring (bicyclic) bond motifs is 5. The topological polar surface area (TPSA) is 93.5 Å². The summed E-state index contributed by atoms with van der Waals surface area (Å²) in [7, 11) is 1.90. The largest absolute Gasteiger partial charge is 0.458 e. The van der Waals surface area contributed by atoms with Gasteiger partial charge in [-0.3, -0.25) is 4.79 Å². The van der Waals surface area contributed by atoms with Crippen LogP contribution in [0.1, 0.15) is 59.2 Å². The number of carbonyl (C=O) groups excluding carboxylic acids is 1. The third kappa shape index (κ3) is 2.48. The number of aromatic nitrogens is 2. The SMILES string of the molecule is CC[C@@]1(O)C(=O)OCc2c1cc1n(c2=O)Cc2c-1nc1cc(F)c(C)c3c1c2[C@H](NC)CC3. The Bertz CT molecular complexity index is 1460. The maximum Gasteiger partial charge on any atom is 0.343 e. The number of ether oxygens (including phenoxy) is 1. The van der Waals surface area contributed by atoms with Crippen molar-refractivity contribution in [3.63, 3.8) is 0 Å². The number of halogens is 1. The standard InChI is InChI=1S/C25H24FN3O4/c1-4-25(32)15-7-19-22-13(9-29(19)23(30)14(15)10-33-24(25)31)21-17(27-3)6-5-12-11(2)16(26)8-18(28-22)20(12)21/h7-8,17,27,32H,4-6,9-10H2,1-3H3/t17-,25+/m1/s1. The zero-order valence-corrected chi connectivity index (χ0v) is 18.7. The Morgan fingerprint density at radius 2 is 2.09 bits per heavy atom. The van der Waals surface area contributed by atoms with Crippen LogP contribution in [-0.2, 0) is 34.7 Å². The Balaban J connectivity index is 1.70. The number of aliphatic hydroxyl groups is 1. The molecule has 1 aromatic carbocycles. The zero-order valence-electron chi connectivity index (χ0n) is 18.7. The van der Waals surface area contributed by atoms with Crippen LogP contribution in [0, 0.1) is 12.7 Å². The molecule has 4 heterocycles. The monoisotopic (exact) mass is 449 g/mol. The minimum atomic E-state index is -1.87. The number of pyridine rings is 2. The first-order valence-electron chi connectivity index (χ1n) is 11.3. The number of aryl methyl sites for hydroxylation is 1. The number of carbonyl (C=O) groups is 1. The van der Waals surface area contributed by atoms with Gasteiger partial charge in [0.15, 0.2) is 5.60 Å². The number of cyclic esters (lactones) is 1. The fourth-order valence-corrected chi connectivity index (χ4v) is 5.84. The van der Waals surface area contributed by atoms with E-state index in [0.717, 1.165) is 34.9 Å². The third-order valence-corrected chi connectivity index (χ3v) is 7.73. The van der Waals surface area contributed by atoms with Crippen LogP contribution in [0.15, 0.2) is 16.9 Å². The van der Waals surface area contributed by atoms with Crippen molar-refractivity contribution >= 4 is 16.9 Å². The van der Waals surface area contributed by atoms with E-state index in [9.17, 15) is 19.1 Å². The van der Waals surface area contributed by atoms with Gasteiger partial charge in [0, 0.05) is 28.6 Å². The van der Waals surface area contributed by atoms with E-state index < -0.39 is 11.6 Å². The predicted octanol–water partition coefficient (Wildman–Crippen LogP) is 2.73. The van der Waals surface area contributed by atoms with E-state index in [1.54, 1.807) is 24.5 Å². The molecule has 0 unspecified atom stereocenters. The molecule has 2 atom stereocenters. The second-order valence-corrected chi connectivity index (χ2v) is 9.19. The Kier molecular flexibility index (Phi) is 4.17. The Morgan fingerprint density at radius 1 is 1.30 bits per heavy atom. The van der Waals surface area contributed by atoms with E-state index in [-0.39, 0.29) is 36.0 Å². The van der Waals surface area contributed by atoms with Crippen molar-refractivity contribution < 1.29 is 19.0 Å². The van der Waals surface area contributed by atoms with Crippen LogP contribution < -0.4 is 10.9 Å². The molecule has 2 N–H and O–H groups in total. The summed E-state index contributed by atoms with van der Waals surface area (Å²) in [6.45, 7) is 3.65. The maximum atomic E-state index is 14.8. The van der Waals surface area contributed by atoms with Gasteiger partial charge in [0.05, 0.1) is 29.0 Å². The van der Waals surface area contributed by atoms with Gasteiger partial charge in [0.25, 0.3) is 5.56 Å². The summed E-state index contributed by atoms with van der Waals surface area (Å²) in [5.41, 5.74) is 3.71. The van der Waals surface area contributed by atoms with Crippen molar-refractivity contribution in [1.29, 1.82) is 0 Å². The lowest BCUT2D eigenvalue weighted by Gasteiger charge is -2.31. The molecule has 0 bridgehead atoms. The molecule has 3 aromatic rings. The summed E-state index contributed by atoms with van der Waals surface area (Å²) in [5.74, 6) is -1.04. The van der Waals surface area contributed by atoms with E-state index >= 15 is 0 Å². The molecule has 8 heteroatoms. The minimum absolute atomic E-state index is 0.0544. The lowest BCUT2D eigenvalue weighted by molar-refractivity contribution is -0.172. The van der Waals surface area contributed by atoms with Crippen molar-refractivity contribution in [2.45, 2.75) is 57.9 Å². The average molecular weight is 449 g/mol. The lowest BCUT2D eigenvalue weighted by atomic mass is 9.81. The van der Waals surface area contributed by atoms with Gasteiger partial charge in [-0.05, 0) is 56.0 Å². The van der Waals surface area contributed by atoms with Crippen LogP contribution in [0.3, 0.4) is 0 Å². The summed E-state index contributed by atoms with van der Waals surface area (Å²) in [6.07, 6.45) is 1.66.